The number of hydrogen-bond donors (Lipinski definition) is 3. The molecule has 0 fully saturated rings. The number of rotatable bonds is 9. The molecule has 0 saturated carbocycles. The quantitative estimate of drug-likeness (QED) is 0.254. The number of methoxy groups -OCH3 is 3. The molecule has 1 atom stereocenters. The smallest absolute Gasteiger partial charge is 0.240 e. The fourth-order valence-electron chi connectivity index (χ4n) is 1.07. The topological polar surface area (TPSA) is 109 Å². The molecule has 7 nitrogen and oxygen atoms in total. The molecule has 1 unspecified atom stereocenters. The Balaban J connectivity index is 0. The molecular formula is C11H27N3O4Si. The SMILES string of the molecule is C=CC(N)=O.COC(CC([SiH3])(OC)OC)NCCN. The fourth-order valence-corrected chi connectivity index (χ4v) is 1.44. The van der Waals surface area contributed by atoms with Gasteiger partial charge >= 0.3 is 0 Å². The second-order valence-corrected chi connectivity index (χ2v) is 5.34. The molecule has 0 aromatic rings. The van der Waals surface area contributed by atoms with Crippen molar-refractivity contribution in [2.45, 2.75) is 18.1 Å². The Morgan fingerprint density at radius 3 is 2.21 bits per heavy atom. The summed E-state index contributed by atoms with van der Waals surface area (Å²) < 4.78 is 15.8. The molecule has 0 rings (SSSR count). The zero-order chi connectivity index (χ0) is 15.3. The third kappa shape index (κ3) is 12.0. The summed E-state index contributed by atoms with van der Waals surface area (Å²) in [4.78, 5) is 9.47. The van der Waals surface area contributed by atoms with Gasteiger partial charge in [-0.2, -0.15) is 0 Å². The van der Waals surface area contributed by atoms with E-state index in [1.807, 2.05) is 0 Å². The number of nitrogens with one attached hydrogen (secondary N) is 1. The van der Waals surface area contributed by atoms with Gasteiger partial charge in [-0.05, 0) is 6.08 Å². The molecule has 0 radical (unpaired) electrons. The maximum Gasteiger partial charge on any atom is 0.240 e. The molecule has 0 aliphatic carbocycles. The van der Waals surface area contributed by atoms with Crippen molar-refractivity contribution in [1.29, 1.82) is 0 Å². The van der Waals surface area contributed by atoms with Crippen molar-refractivity contribution < 1.29 is 19.0 Å². The minimum Gasteiger partial charge on any atom is -0.366 e. The van der Waals surface area contributed by atoms with E-state index in [1.165, 1.54) is 0 Å². The van der Waals surface area contributed by atoms with E-state index < -0.39 is 11.3 Å². The van der Waals surface area contributed by atoms with Crippen molar-refractivity contribution in [3.63, 3.8) is 0 Å². The molecular weight excluding hydrogens is 266 g/mol. The zero-order valence-corrected chi connectivity index (χ0v) is 14.3. The van der Waals surface area contributed by atoms with Crippen LogP contribution in [0.15, 0.2) is 12.7 Å². The van der Waals surface area contributed by atoms with E-state index in [0.717, 1.165) is 22.9 Å². The van der Waals surface area contributed by atoms with Crippen LogP contribution in [0, 0.1) is 0 Å². The van der Waals surface area contributed by atoms with Gasteiger partial charge in [0, 0.05) is 40.8 Å². The molecule has 0 aromatic carbocycles. The lowest BCUT2D eigenvalue weighted by atomic mass is 10.3. The number of ether oxygens (including phenoxy) is 3. The van der Waals surface area contributed by atoms with Crippen molar-refractivity contribution in [3.05, 3.63) is 12.7 Å². The molecule has 0 spiro atoms. The van der Waals surface area contributed by atoms with Crippen LogP contribution in [0.4, 0.5) is 0 Å². The molecule has 19 heavy (non-hydrogen) atoms. The zero-order valence-electron chi connectivity index (χ0n) is 12.3. The normalized spacial score (nSPS) is 12.4. The third-order valence-corrected chi connectivity index (χ3v) is 3.65. The minimum absolute atomic E-state index is 0.0732. The van der Waals surface area contributed by atoms with Gasteiger partial charge in [0.1, 0.15) is 11.6 Å². The van der Waals surface area contributed by atoms with E-state index in [4.69, 9.17) is 19.9 Å². The Bertz CT molecular complexity index is 250. The highest BCUT2D eigenvalue weighted by Gasteiger charge is 2.26. The lowest BCUT2D eigenvalue weighted by Gasteiger charge is -2.30. The number of carbonyl (C=O) groups is 1. The molecule has 0 bridgehead atoms. The van der Waals surface area contributed by atoms with Crippen LogP contribution in [0.3, 0.4) is 0 Å². The Labute approximate surface area is 118 Å². The molecule has 0 saturated heterocycles. The largest absolute Gasteiger partial charge is 0.366 e. The van der Waals surface area contributed by atoms with Gasteiger partial charge in [0.2, 0.25) is 5.91 Å². The second kappa shape index (κ2) is 12.3. The Kier molecular flexibility index (Phi) is 13.3. The van der Waals surface area contributed by atoms with E-state index in [1.54, 1.807) is 21.3 Å². The lowest BCUT2D eigenvalue weighted by Crippen LogP contribution is -2.45. The summed E-state index contributed by atoms with van der Waals surface area (Å²) in [6.45, 7) is 4.40. The third-order valence-electron chi connectivity index (χ3n) is 2.42. The number of hydrogen-bond acceptors (Lipinski definition) is 6. The van der Waals surface area contributed by atoms with Gasteiger partial charge in [-0.3, -0.25) is 10.1 Å². The van der Waals surface area contributed by atoms with E-state index >= 15 is 0 Å². The lowest BCUT2D eigenvalue weighted by molar-refractivity contribution is -0.165. The van der Waals surface area contributed by atoms with Crippen LogP contribution < -0.4 is 16.8 Å². The monoisotopic (exact) mass is 293 g/mol. The molecule has 8 heteroatoms. The van der Waals surface area contributed by atoms with Gasteiger partial charge in [-0.1, -0.05) is 6.58 Å². The van der Waals surface area contributed by atoms with Gasteiger partial charge in [0.05, 0.1) is 10.2 Å². The maximum absolute atomic E-state index is 9.47. The van der Waals surface area contributed by atoms with Crippen LogP contribution >= 0.6 is 0 Å². The molecule has 0 heterocycles. The molecule has 0 aliphatic rings. The van der Waals surface area contributed by atoms with Crippen LogP contribution in [0.25, 0.3) is 0 Å². The van der Waals surface area contributed by atoms with Crippen molar-refractivity contribution in [1.82, 2.24) is 5.32 Å². The predicted octanol–water partition coefficient (Wildman–Crippen LogP) is -2.13. The van der Waals surface area contributed by atoms with Crippen LogP contribution in [0.2, 0.25) is 0 Å². The summed E-state index contributed by atoms with van der Waals surface area (Å²) in [5.74, 6) is -0.481. The first-order chi connectivity index (χ1) is 8.88. The van der Waals surface area contributed by atoms with Gasteiger partial charge in [-0.15, -0.1) is 0 Å². The second-order valence-electron chi connectivity index (χ2n) is 3.82. The van der Waals surface area contributed by atoms with E-state index in [0.29, 0.717) is 13.0 Å². The molecule has 1 amide bonds. The van der Waals surface area contributed by atoms with Crippen LogP contribution in [0.5, 0.6) is 0 Å². The maximum atomic E-state index is 9.47. The van der Waals surface area contributed by atoms with E-state index in [-0.39, 0.29) is 6.23 Å². The highest BCUT2D eigenvalue weighted by atomic mass is 28.1. The first-order valence-electron chi connectivity index (χ1n) is 5.87. The first-order valence-corrected chi connectivity index (χ1v) is 6.87. The van der Waals surface area contributed by atoms with E-state index in [2.05, 4.69) is 17.6 Å². The van der Waals surface area contributed by atoms with Gasteiger partial charge < -0.3 is 25.7 Å². The number of carbonyl (C=O) groups excluding carboxylic acids is 1. The van der Waals surface area contributed by atoms with Crippen molar-refractivity contribution in [3.8, 4) is 0 Å². The summed E-state index contributed by atoms with van der Waals surface area (Å²) in [7, 11) is 5.73. The van der Waals surface area contributed by atoms with Crippen LogP contribution in [-0.4, -0.2) is 62.2 Å². The van der Waals surface area contributed by atoms with Crippen molar-refractivity contribution >= 4 is 16.1 Å². The Morgan fingerprint density at radius 2 is 1.95 bits per heavy atom. The molecule has 0 aromatic heterocycles. The summed E-state index contributed by atoms with van der Waals surface area (Å²) in [6, 6.07) is 0. The molecule has 114 valence electrons. The van der Waals surface area contributed by atoms with Gasteiger partial charge in [0.15, 0.2) is 0 Å². The van der Waals surface area contributed by atoms with Crippen LogP contribution in [0.1, 0.15) is 6.42 Å². The summed E-state index contributed by atoms with van der Waals surface area (Å²) in [5, 5.41) is 3.16. The summed E-state index contributed by atoms with van der Waals surface area (Å²) in [5.41, 5.74) is 9.44. The number of primary amides is 1. The number of amides is 1. The Hall–Kier alpha value is -0.773. The van der Waals surface area contributed by atoms with Crippen molar-refractivity contribution in [2.75, 3.05) is 34.4 Å². The van der Waals surface area contributed by atoms with E-state index in [9.17, 15) is 4.79 Å². The van der Waals surface area contributed by atoms with Gasteiger partial charge in [-0.25, -0.2) is 0 Å². The van der Waals surface area contributed by atoms with Crippen LogP contribution in [-0.2, 0) is 19.0 Å². The predicted molar refractivity (Wildman–Crippen MR) is 78.6 cm³/mol. The minimum atomic E-state index is -0.484. The highest BCUT2D eigenvalue weighted by molar-refractivity contribution is 6.13. The standard InChI is InChI=1S/C8H22N2O3Si.C3H5NO/c1-11-7(10-5-4-9)6-8(14,12-2)13-3;1-2-3(4)5/h7,10H,4-6,9H2,1-3,14H3;2H,1H2,(H2,4,5). The van der Waals surface area contributed by atoms with Crippen molar-refractivity contribution in [2.24, 2.45) is 11.5 Å². The average Bonchev–Trinajstić information content (AvgIpc) is 2.43. The molecule has 5 N–H and O–H groups in total. The molecule has 0 aliphatic heterocycles. The number of nitrogens with two attached hydrogens (primary N) is 2. The average molecular weight is 293 g/mol. The summed E-state index contributed by atoms with van der Waals surface area (Å²) in [6.07, 6.45) is 1.65. The highest BCUT2D eigenvalue weighted by Crippen LogP contribution is 2.14. The first kappa shape index (κ1) is 20.5. The fraction of sp³-hybridized carbons (Fsp3) is 0.727. The summed E-state index contributed by atoms with van der Waals surface area (Å²) >= 11 is 0. The van der Waals surface area contributed by atoms with Gasteiger partial charge in [0.25, 0.3) is 0 Å². The Morgan fingerprint density at radius 1 is 1.47 bits per heavy atom.